The van der Waals surface area contributed by atoms with Gasteiger partial charge in [0.2, 0.25) is 0 Å². The summed E-state index contributed by atoms with van der Waals surface area (Å²) in [6, 6.07) is 0. The third kappa shape index (κ3) is 6.44. The Hall–Kier alpha value is -1.30. The molecule has 0 unspecified atom stereocenters. The Labute approximate surface area is 111 Å². The van der Waals surface area contributed by atoms with Gasteiger partial charge in [-0.2, -0.15) is 0 Å². The summed E-state index contributed by atoms with van der Waals surface area (Å²) in [6.07, 6.45) is 11.8. The van der Waals surface area contributed by atoms with Gasteiger partial charge in [0.15, 0.2) is 0 Å². The quantitative estimate of drug-likeness (QED) is 0.493. The van der Waals surface area contributed by atoms with Gasteiger partial charge in [-0.15, -0.1) is 16.9 Å². The van der Waals surface area contributed by atoms with Crippen LogP contribution < -0.4 is 0 Å². The van der Waals surface area contributed by atoms with Crippen molar-refractivity contribution in [2.24, 2.45) is 0 Å². The van der Waals surface area contributed by atoms with E-state index in [1.54, 1.807) is 0 Å². The minimum atomic E-state index is 0.973. The van der Waals surface area contributed by atoms with Crippen LogP contribution in [0.15, 0.2) is 6.20 Å². The van der Waals surface area contributed by atoms with Crippen LogP contribution in [-0.2, 0) is 13.0 Å². The molecule has 0 fully saturated rings. The summed E-state index contributed by atoms with van der Waals surface area (Å²) in [7, 11) is 0. The zero-order valence-corrected chi connectivity index (χ0v) is 11.8. The lowest BCUT2D eigenvalue weighted by Gasteiger charge is -2.01. The molecule has 3 nitrogen and oxygen atoms in total. The highest BCUT2D eigenvalue weighted by molar-refractivity contribution is 4.94. The first-order valence-corrected chi connectivity index (χ1v) is 7.15. The fourth-order valence-corrected chi connectivity index (χ4v) is 1.93. The summed E-state index contributed by atoms with van der Waals surface area (Å²) in [6.45, 7) is 5.03. The van der Waals surface area contributed by atoms with Crippen molar-refractivity contribution >= 4 is 0 Å². The topological polar surface area (TPSA) is 30.7 Å². The number of aryl methyl sites for hydroxylation is 2. The van der Waals surface area contributed by atoms with Crippen LogP contribution in [-0.4, -0.2) is 15.0 Å². The van der Waals surface area contributed by atoms with Crippen LogP contribution in [0.5, 0.6) is 0 Å². The predicted molar refractivity (Wildman–Crippen MR) is 75.2 cm³/mol. The van der Waals surface area contributed by atoms with Gasteiger partial charge in [0.25, 0.3) is 0 Å². The molecule has 18 heavy (non-hydrogen) atoms. The van der Waals surface area contributed by atoms with E-state index >= 15 is 0 Å². The summed E-state index contributed by atoms with van der Waals surface area (Å²) < 4.78 is 1.97. The molecule has 0 atom stereocenters. The Morgan fingerprint density at radius 3 is 2.50 bits per heavy atom. The summed E-state index contributed by atoms with van der Waals surface area (Å²) in [5.74, 6) is 6.05. The van der Waals surface area contributed by atoms with Gasteiger partial charge in [0, 0.05) is 19.2 Å². The molecule has 0 aliphatic heterocycles. The molecule has 0 saturated carbocycles. The molecule has 100 valence electrons. The highest BCUT2D eigenvalue weighted by Gasteiger charge is 1.97. The normalized spacial score (nSPS) is 10.1. The Balaban J connectivity index is 1.93. The Morgan fingerprint density at radius 2 is 1.83 bits per heavy atom. The fourth-order valence-electron chi connectivity index (χ4n) is 1.93. The lowest BCUT2D eigenvalue weighted by molar-refractivity contribution is 0.515. The van der Waals surface area contributed by atoms with Gasteiger partial charge in [0.1, 0.15) is 0 Å². The minimum Gasteiger partial charge on any atom is -0.252 e. The third-order valence-corrected chi connectivity index (χ3v) is 3.06. The summed E-state index contributed by atoms with van der Waals surface area (Å²) >= 11 is 0. The maximum absolute atomic E-state index is 4.11. The average Bonchev–Trinajstić information content (AvgIpc) is 2.85. The van der Waals surface area contributed by atoms with E-state index in [1.807, 2.05) is 11.6 Å². The molecule has 1 aromatic rings. The molecule has 0 aromatic carbocycles. The first-order chi connectivity index (χ1) is 8.86. The molecule has 1 aromatic heterocycles. The van der Waals surface area contributed by atoms with Gasteiger partial charge in [-0.3, -0.25) is 4.68 Å². The standard InChI is InChI=1S/C15H25N3/c1-3-5-6-7-8-9-10-11-12-13-18-14-15(4-2)16-17-18/h14H,4,6-13H2,1-2H3. The van der Waals surface area contributed by atoms with Crippen LogP contribution >= 0.6 is 0 Å². The van der Waals surface area contributed by atoms with Crippen molar-refractivity contribution in [3.05, 3.63) is 11.9 Å². The van der Waals surface area contributed by atoms with Crippen molar-refractivity contribution in [3.63, 3.8) is 0 Å². The maximum Gasteiger partial charge on any atom is 0.0824 e. The smallest absolute Gasteiger partial charge is 0.0824 e. The second kappa shape index (κ2) is 9.70. The first-order valence-electron chi connectivity index (χ1n) is 7.15. The highest BCUT2D eigenvalue weighted by atomic mass is 15.4. The van der Waals surface area contributed by atoms with Gasteiger partial charge in [0.05, 0.1) is 5.69 Å². The zero-order valence-electron chi connectivity index (χ0n) is 11.8. The van der Waals surface area contributed by atoms with Crippen LogP contribution in [0.3, 0.4) is 0 Å². The SMILES string of the molecule is CC#CCCCCCCCCn1cc(CC)nn1. The molecule has 0 radical (unpaired) electrons. The fraction of sp³-hybridized carbons (Fsp3) is 0.733. The van der Waals surface area contributed by atoms with E-state index in [9.17, 15) is 0 Å². The Morgan fingerprint density at radius 1 is 1.11 bits per heavy atom. The number of hydrogen-bond acceptors (Lipinski definition) is 2. The average molecular weight is 247 g/mol. The summed E-state index contributed by atoms with van der Waals surface area (Å²) in [4.78, 5) is 0. The predicted octanol–water partition coefficient (Wildman–Crippen LogP) is 3.59. The van der Waals surface area contributed by atoms with Crippen LogP contribution in [0.25, 0.3) is 0 Å². The molecule has 0 bridgehead atoms. The van der Waals surface area contributed by atoms with Gasteiger partial charge in [-0.25, -0.2) is 0 Å². The van der Waals surface area contributed by atoms with Crippen LogP contribution in [0.4, 0.5) is 0 Å². The largest absolute Gasteiger partial charge is 0.252 e. The van der Waals surface area contributed by atoms with Gasteiger partial charge in [-0.1, -0.05) is 37.8 Å². The first kappa shape index (κ1) is 14.8. The summed E-state index contributed by atoms with van der Waals surface area (Å²) in [5.41, 5.74) is 1.09. The van der Waals surface area contributed by atoms with Gasteiger partial charge < -0.3 is 0 Å². The molecule has 0 spiro atoms. The van der Waals surface area contributed by atoms with Crippen molar-refractivity contribution in [3.8, 4) is 11.8 Å². The highest BCUT2D eigenvalue weighted by Crippen LogP contribution is 2.07. The van der Waals surface area contributed by atoms with E-state index in [0.29, 0.717) is 0 Å². The van der Waals surface area contributed by atoms with E-state index in [0.717, 1.165) is 25.1 Å². The van der Waals surface area contributed by atoms with Crippen molar-refractivity contribution in [1.29, 1.82) is 0 Å². The van der Waals surface area contributed by atoms with Gasteiger partial charge >= 0.3 is 0 Å². The monoisotopic (exact) mass is 247 g/mol. The number of rotatable bonds is 9. The molecule has 0 N–H and O–H groups in total. The van der Waals surface area contributed by atoms with Crippen LogP contribution in [0, 0.1) is 11.8 Å². The second-order valence-corrected chi connectivity index (χ2v) is 4.62. The maximum atomic E-state index is 4.11. The van der Waals surface area contributed by atoms with E-state index in [4.69, 9.17) is 0 Å². The number of hydrogen-bond donors (Lipinski definition) is 0. The number of aromatic nitrogens is 3. The molecule has 1 rings (SSSR count). The van der Waals surface area contributed by atoms with Crippen molar-refractivity contribution in [2.45, 2.75) is 71.8 Å². The zero-order chi connectivity index (χ0) is 13.1. The molecule has 1 heterocycles. The molecule has 0 amide bonds. The molecular formula is C15H25N3. The summed E-state index contributed by atoms with van der Waals surface area (Å²) in [5, 5.41) is 8.20. The van der Waals surface area contributed by atoms with E-state index < -0.39 is 0 Å². The molecule has 0 aliphatic rings. The number of nitrogens with zero attached hydrogens (tertiary/aromatic N) is 3. The van der Waals surface area contributed by atoms with E-state index in [1.165, 1.54) is 38.5 Å². The molecule has 3 heteroatoms. The second-order valence-electron chi connectivity index (χ2n) is 4.62. The molecule has 0 aliphatic carbocycles. The van der Waals surface area contributed by atoms with E-state index in [-0.39, 0.29) is 0 Å². The minimum absolute atomic E-state index is 0.973. The Bertz CT molecular complexity index is 371. The number of unbranched alkanes of at least 4 members (excludes halogenated alkanes) is 6. The van der Waals surface area contributed by atoms with Crippen LogP contribution in [0.2, 0.25) is 0 Å². The van der Waals surface area contributed by atoms with Crippen molar-refractivity contribution in [1.82, 2.24) is 15.0 Å². The third-order valence-electron chi connectivity index (χ3n) is 3.06. The van der Waals surface area contributed by atoms with Crippen LogP contribution in [0.1, 0.15) is 64.5 Å². The van der Waals surface area contributed by atoms with E-state index in [2.05, 4.69) is 35.3 Å². The molecular weight excluding hydrogens is 222 g/mol. The van der Waals surface area contributed by atoms with Crippen molar-refractivity contribution in [2.75, 3.05) is 0 Å². The Kier molecular flexibility index (Phi) is 7.96. The van der Waals surface area contributed by atoms with Crippen molar-refractivity contribution < 1.29 is 0 Å². The molecule has 0 saturated heterocycles. The lowest BCUT2D eigenvalue weighted by Crippen LogP contribution is -1.98. The van der Waals surface area contributed by atoms with Gasteiger partial charge in [-0.05, 0) is 26.2 Å². The lowest BCUT2D eigenvalue weighted by atomic mass is 10.1.